The van der Waals surface area contributed by atoms with Crippen LogP contribution in [0.5, 0.6) is 0 Å². The smallest absolute Gasteiger partial charge is 0.227 e. The van der Waals surface area contributed by atoms with Gasteiger partial charge in [-0.15, -0.1) is 0 Å². The van der Waals surface area contributed by atoms with Crippen LogP contribution >= 0.6 is 0 Å². The molecule has 1 fully saturated rings. The minimum absolute atomic E-state index is 0.223. The second-order valence-electron chi connectivity index (χ2n) is 4.89. The summed E-state index contributed by atoms with van der Waals surface area (Å²) in [5.74, 6) is 1.05. The Balaban J connectivity index is 1.54. The van der Waals surface area contributed by atoms with E-state index in [1.807, 2.05) is 29.2 Å². The fourth-order valence-corrected chi connectivity index (χ4v) is 2.37. The van der Waals surface area contributed by atoms with Gasteiger partial charge in [0.2, 0.25) is 5.91 Å². The van der Waals surface area contributed by atoms with Crippen molar-refractivity contribution in [2.24, 2.45) is 0 Å². The van der Waals surface area contributed by atoms with Gasteiger partial charge < -0.3 is 14.6 Å². The standard InChI is InChI=1S/C15H17N3O2/c19-15-2-1-7-18(15)13-5-3-12(4-6-13)8-16-9-14-10-17-11-20-14/h3-6,10-11,16H,1-2,7-9H2. The third-order valence-electron chi connectivity index (χ3n) is 3.43. The first kappa shape index (κ1) is 12.9. The number of nitrogens with zero attached hydrogens (tertiary/aromatic N) is 2. The van der Waals surface area contributed by atoms with Gasteiger partial charge in [0.25, 0.3) is 0 Å². The van der Waals surface area contributed by atoms with Crippen LogP contribution in [0.2, 0.25) is 0 Å². The molecule has 5 nitrogen and oxygen atoms in total. The van der Waals surface area contributed by atoms with Crippen LogP contribution in [0, 0.1) is 0 Å². The largest absolute Gasteiger partial charge is 0.447 e. The van der Waals surface area contributed by atoms with Gasteiger partial charge in [-0.2, -0.15) is 0 Å². The highest BCUT2D eigenvalue weighted by atomic mass is 16.3. The van der Waals surface area contributed by atoms with E-state index in [1.165, 1.54) is 12.0 Å². The molecule has 3 rings (SSSR count). The van der Waals surface area contributed by atoms with E-state index in [4.69, 9.17) is 4.42 Å². The number of hydrogen-bond acceptors (Lipinski definition) is 4. The second kappa shape index (κ2) is 5.88. The van der Waals surface area contributed by atoms with Crippen molar-refractivity contribution in [2.75, 3.05) is 11.4 Å². The van der Waals surface area contributed by atoms with E-state index in [2.05, 4.69) is 10.3 Å². The second-order valence-corrected chi connectivity index (χ2v) is 4.89. The van der Waals surface area contributed by atoms with Gasteiger partial charge in [0.1, 0.15) is 5.76 Å². The van der Waals surface area contributed by atoms with E-state index < -0.39 is 0 Å². The average Bonchev–Trinajstić information content (AvgIpc) is 3.11. The predicted octanol–water partition coefficient (Wildman–Crippen LogP) is 2.09. The molecular formula is C15H17N3O2. The first-order valence-corrected chi connectivity index (χ1v) is 6.80. The summed E-state index contributed by atoms with van der Waals surface area (Å²) in [6.07, 6.45) is 4.76. The van der Waals surface area contributed by atoms with Gasteiger partial charge in [0, 0.05) is 25.2 Å². The van der Waals surface area contributed by atoms with Crippen molar-refractivity contribution < 1.29 is 9.21 Å². The molecule has 1 aromatic heterocycles. The summed E-state index contributed by atoms with van der Waals surface area (Å²) in [6.45, 7) is 2.25. The highest BCUT2D eigenvalue weighted by molar-refractivity contribution is 5.95. The Bertz CT molecular complexity index is 563. The van der Waals surface area contributed by atoms with Crippen molar-refractivity contribution in [1.29, 1.82) is 0 Å². The minimum Gasteiger partial charge on any atom is -0.447 e. The van der Waals surface area contributed by atoms with E-state index in [-0.39, 0.29) is 5.91 Å². The number of oxazole rings is 1. The Morgan fingerprint density at radius 1 is 1.25 bits per heavy atom. The number of nitrogens with one attached hydrogen (secondary N) is 1. The number of anilines is 1. The lowest BCUT2D eigenvalue weighted by Gasteiger charge is -2.16. The number of hydrogen-bond donors (Lipinski definition) is 1. The van der Waals surface area contributed by atoms with Crippen LogP contribution in [0.4, 0.5) is 5.69 Å². The zero-order chi connectivity index (χ0) is 13.8. The maximum absolute atomic E-state index is 11.7. The molecule has 0 radical (unpaired) electrons. The van der Waals surface area contributed by atoms with Crippen LogP contribution in [0.25, 0.3) is 0 Å². The van der Waals surface area contributed by atoms with E-state index in [0.717, 1.165) is 31.0 Å². The Kier molecular flexibility index (Phi) is 3.78. The number of aromatic nitrogens is 1. The van der Waals surface area contributed by atoms with Crippen molar-refractivity contribution in [3.63, 3.8) is 0 Å². The molecule has 0 bridgehead atoms. The van der Waals surface area contributed by atoms with Crippen LogP contribution in [-0.2, 0) is 17.9 Å². The summed E-state index contributed by atoms with van der Waals surface area (Å²) < 4.78 is 5.15. The Hall–Kier alpha value is -2.14. The van der Waals surface area contributed by atoms with Crippen LogP contribution in [0.3, 0.4) is 0 Å². The molecule has 2 heterocycles. The molecule has 5 heteroatoms. The van der Waals surface area contributed by atoms with Crippen LogP contribution < -0.4 is 10.2 Å². The number of amides is 1. The molecule has 0 unspecified atom stereocenters. The van der Waals surface area contributed by atoms with E-state index in [0.29, 0.717) is 13.0 Å². The number of carbonyl (C=O) groups is 1. The molecule has 1 saturated heterocycles. The van der Waals surface area contributed by atoms with Gasteiger partial charge in [-0.1, -0.05) is 12.1 Å². The molecule has 2 aromatic rings. The van der Waals surface area contributed by atoms with E-state index in [9.17, 15) is 4.79 Å². The molecule has 0 saturated carbocycles. The fraction of sp³-hybridized carbons (Fsp3) is 0.333. The number of rotatable bonds is 5. The van der Waals surface area contributed by atoms with Crippen LogP contribution in [0.15, 0.2) is 41.3 Å². The first-order valence-electron chi connectivity index (χ1n) is 6.80. The van der Waals surface area contributed by atoms with Gasteiger partial charge in [-0.25, -0.2) is 4.98 Å². The summed E-state index contributed by atoms with van der Waals surface area (Å²) in [6, 6.07) is 8.12. The maximum Gasteiger partial charge on any atom is 0.227 e. The normalized spacial score (nSPS) is 15.0. The molecule has 1 N–H and O–H groups in total. The Morgan fingerprint density at radius 3 is 2.75 bits per heavy atom. The Morgan fingerprint density at radius 2 is 2.10 bits per heavy atom. The lowest BCUT2D eigenvalue weighted by Crippen LogP contribution is -2.23. The summed E-state index contributed by atoms with van der Waals surface area (Å²) in [5, 5.41) is 3.29. The van der Waals surface area contributed by atoms with Gasteiger partial charge in [-0.3, -0.25) is 4.79 Å². The summed E-state index contributed by atoms with van der Waals surface area (Å²) in [5.41, 5.74) is 2.17. The zero-order valence-electron chi connectivity index (χ0n) is 11.2. The number of benzene rings is 1. The minimum atomic E-state index is 0.223. The van der Waals surface area contributed by atoms with Crippen LogP contribution in [-0.4, -0.2) is 17.4 Å². The maximum atomic E-state index is 11.7. The van der Waals surface area contributed by atoms with Gasteiger partial charge >= 0.3 is 0 Å². The van der Waals surface area contributed by atoms with Gasteiger partial charge in [-0.05, 0) is 24.1 Å². The van der Waals surface area contributed by atoms with Crippen molar-refractivity contribution in [3.05, 3.63) is 48.2 Å². The molecule has 104 valence electrons. The average molecular weight is 271 g/mol. The van der Waals surface area contributed by atoms with Crippen LogP contribution in [0.1, 0.15) is 24.2 Å². The topological polar surface area (TPSA) is 58.4 Å². The van der Waals surface area contributed by atoms with Crippen molar-refractivity contribution in [1.82, 2.24) is 10.3 Å². The Labute approximate surface area is 117 Å². The van der Waals surface area contributed by atoms with Gasteiger partial charge in [0.15, 0.2) is 6.39 Å². The SMILES string of the molecule is O=C1CCCN1c1ccc(CNCc2cnco2)cc1. The zero-order valence-corrected chi connectivity index (χ0v) is 11.2. The summed E-state index contributed by atoms with van der Waals surface area (Å²) >= 11 is 0. The molecule has 1 aliphatic heterocycles. The molecule has 0 aliphatic carbocycles. The van der Waals surface area contributed by atoms with Crippen molar-refractivity contribution in [2.45, 2.75) is 25.9 Å². The summed E-state index contributed by atoms with van der Waals surface area (Å²) in [4.78, 5) is 17.4. The fourth-order valence-electron chi connectivity index (χ4n) is 2.37. The van der Waals surface area contributed by atoms with Crippen molar-refractivity contribution >= 4 is 11.6 Å². The molecule has 0 atom stereocenters. The molecular weight excluding hydrogens is 254 g/mol. The third kappa shape index (κ3) is 2.88. The lowest BCUT2D eigenvalue weighted by molar-refractivity contribution is -0.117. The van der Waals surface area contributed by atoms with E-state index in [1.54, 1.807) is 6.20 Å². The molecule has 20 heavy (non-hydrogen) atoms. The quantitative estimate of drug-likeness (QED) is 0.904. The molecule has 1 aliphatic rings. The number of carbonyl (C=O) groups excluding carboxylic acids is 1. The molecule has 0 spiro atoms. The first-order chi connectivity index (χ1) is 9.83. The van der Waals surface area contributed by atoms with Gasteiger partial charge in [0.05, 0.1) is 12.7 Å². The van der Waals surface area contributed by atoms with E-state index >= 15 is 0 Å². The highest BCUT2D eigenvalue weighted by Crippen LogP contribution is 2.21. The monoisotopic (exact) mass is 271 g/mol. The lowest BCUT2D eigenvalue weighted by atomic mass is 10.2. The highest BCUT2D eigenvalue weighted by Gasteiger charge is 2.21. The summed E-state index contributed by atoms with van der Waals surface area (Å²) in [7, 11) is 0. The third-order valence-corrected chi connectivity index (χ3v) is 3.43. The molecule has 1 aromatic carbocycles. The van der Waals surface area contributed by atoms with Crippen molar-refractivity contribution in [3.8, 4) is 0 Å². The molecule has 1 amide bonds. The predicted molar refractivity (Wildman–Crippen MR) is 75.1 cm³/mol.